The molecule has 2 heterocycles. The molecule has 0 saturated carbocycles. The zero-order valence-electron chi connectivity index (χ0n) is 11.0. The van der Waals surface area contributed by atoms with E-state index in [1.165, 1.54) is 0 Å². The summed E-state index contributed by atoms with van der Waals surface area (Å²) in [5.41, 5.74) is 0.340. The van der Waals surface area contributed by atoms with E-state index in [1.54, 1.807) is 30.3 Å². The lowest BCUT2D eigenvalue weighted by molar-refractivity contribution is -0.137. The Bertz CT molecular complexity index is 567. The molecule has 20 heavy (non-hydrogen) atoms. The van der Waals surface area contributed by atoms with E-state index < -0.39 is 11.7 Å². The lowest BCUT2D eigenvalue weighted by Crippen LogP contribution is -2.19. The largest absolute Gasteiger partial charge is 0.416 e. The van der Waals surface area contributed by atoms with Gasteiger partial charge in [-0.05, 0) is 34.5 Å². The molecule has 1 N–H and O–H groups in total. The molecular weight excluding hydrogens is 287 g/mol. The van der Waals surface area contributed by atoms with Gasteiger partial charge in [-0.25, -0.2) is 4.98 Å². The summed E-state index contributed by atoms with van der Waals surface area (Å²) in [6.45, 7) is 0.515. The first-order valence-electron chi connectivity index (χ1n) is 5.89. The number of hydrogen-bond donors (Lipinski definition) is 1. The van der Waals surface area contributed by atoms with Gasteiger partial charge in [0.2, 0.25) is 0 Å². The summed E-state index contributed by atoms with van der Waals surface area (Å²) in [5.74, 6) is 0.488. The van der Waals surface area contributed by atoms with Crippen molar-refractivity contribution in [3.63, 3.8) is 0 Å². The number of halogens is 3. The molecule has 7 heteroatoms. The number of nitrogens with zero attached hydrogens (tertiary/aromatic N) is 2. The van der Waals surface area contributed by atoms with Crippen molar-refractivity contribution in [3.8, 4) is 0 Å². The van der Waals surface area contributed by atoms with Crippen molar-refractivity contribution < 1.29 is 13.2 Å². The summed E-state index contributed by atoms with van der Waals surface area (Å²) in [6.07, 6.45) is -4.38. The van der Waals surface area contributed by atoms with Crippen molar-refractivity contribution in [2.75, 3.05) is 24.3 Å². The number of rotatable bonds is 4. The molecule has 0 bridgehead atoms. The third-order valence-corrected chi connectivity index (χ3v) is 3.52. The molecule has 2 aromatic heterocycles. The number of hydrogen-bond acceptors (Lipinski definition) is 4. The van der Waals surface area contributed by atoms with Crippen molar-refractivity contribution in [2.45, 2.75) is 12.7 Å². The van der Waals surface area contributed by atoms with E-state index in [2.05, 4.69) is 10.3 Å². The van der Waals surface area contributed by atoms with Gasteiger partial charge in [-0.3, -0.25) is 0 Å². The highest BCUT2D eigenvalue weighted by atomic mass is 32.1. The van der Waals surface area contributed by atoms with Crippen LogP contribution in [0, 0.1) is 0 Å². The lowest BCUT2D eigenvalue weighted by atomic mass is 10.2. The van der Waals surface area contributed by atoms with Crippen LogP contribution in [0.4, 0.5) is 24.8 Å². The van der Waals surface area contributed by atoms with Crippen molar-refractivity contribution in [2.24, 2.45) is 0 Å². The molecule has 0 saturated heterocycles. The first kappa shape index (κ1) is 14.6. The number of thiophene rings is 1. The summed E-state index contributed by atoms with van der Waals surface area (Å²) in [6, 6.07) is 4.00. The van der Waals surface area contributed by atoms with E-state index in [4.69, 9.17) is 0 Å². The molecule has 0 aliphatic carbocycles. The summed E-state index contributed by atoms with van der Waals surface area (Å²) in [5, 5.41) is 6.55. The molecule has 2 aromatic rings. The number of pyridine rings is 1. The standard InChI is InChI=1S/C13H14F3N3S/c1-17-11-5-10(13(14,15)16)6-12(18-11)19(2)7-9-3-4-20-8-9/h3-6,8H,7H2,1-2H3,(H,17,18). The average Bonchev–Trinajstić information content (AvgIpc) is 2.90. The second-order valence-corrected chi connectivity index (χ2v) is 5.11. The van der Waals surface area contributed by atoms with E-state index in [0.717, 1.165) is 17.7 Å². The number of aromatic nitrogens is 1. The van der Waals surface area contributed by atoms with Gasteiger partial charge in [0.1, 0.15) is 11.6 Å². The minimum atomic E-state index is -4.38. The number of anilines is 2. The molecule has 0 spiro atoms. The van der Waals surface area contributed by atoms with Gasteiger partial charge >= 0.3 is 6.18 Å². The van der Waals surface area contributed by atoms with Crippen LogP contribution in [0.25, 0.3) is 0 Å². The third kappa shape index (κ3) is 3.41. The minimum absolute atomic E-state index is 0.201. The van der Waals surface area contributed by atoms with E-state index in [0.29, 0.717) is 6.54 Å². The second-order valence-electron chi connectivity index (χ2n) is 4.33. The van der Waals surface area contributed by atoms with Gasteiger partial charge in [-0.15, -0.1) is 0 Å². The average molecular weight is 301 g/mol. The predicted molar refractivity (Wildman–Crippen MR) is 75.2 cm³/mol. The molecule has 0 aromatic carbocycles. The maximum Gasteiger partial charge on any atom is 0.416 e. The van der Waals surface area contributed by atoms with Gasteiger partial charge in [0.05, 0.1) is 5.56 Å². The number of nitrogens with one attached hydrogen (secondary N) is 1. The quantitative estimate of drug-likeness (QED) is 0.930. The first-order chi connectivity index (χ1) is 9.40. The molecule has 0 amide bonds. The Hall–Kier alpha value is -1.76. The normalized spacial score (nSPS) is 11.4. The zero-order chi connectivity index (χ0) is 14.8. The Morgan fingerprint density at radius 3 is 2.65 bits per heavy atom. The Kier molecular flexibility index (Phi) is 4.17. The molecule has 0 aliphatic heterocycles. The molecule has 0 atom stereocenters. The van der Waals surface area contributed by atoms with Crippen molar-refractivity contribution in [1.82, 2.24) is 4.98 Å². The Balaban J connectivity index is 2.30. The van der Waals surface area contributed by atoms with Crippen LogP contribution in [0.15, 0.2) is 29.0 Å². The van der Waals surface area contributed by atoms with Gasteiger partial charge in [0.25, 0.3) is 0 Å². The van der Waals surface area contributed by atoms with Crippen LogP contribution in [0.1, 0.15) is 11.1 Å². The van der Waals surface area contributed by atoms with E-state index in [-0.39, 0.29) is 11.6 Å². The smallest absolute Gasteiger partial charge is 0.373 e. The van der Waals surface area contributed by atoms with Crippen LogP contribution in [0.5, 0.6) is 0 Å². The van der Waals surface area contributed by atoms with Crippen LogP contribution in [0.3, 0.4) is 0 Å². The van der Waals surface area contributed by atoms with Crippen molar-refractivity contribution >= 4 is 23.0 Å². The van der Waals surface area contributed by atoms with Crippen molar-refractivity contribution in [3.05, 3.63) is 40.1 Å². The summed E-state index contributed by atoms with van der Waals surface area (Å²) in [7, 11) is 3.27. The van der Waals surface area contributed by atoms with Gasteiger partial charge in [-0.2, -0.15) is 24.5 Å². The molecule has 0 fully saturated rings. The zero-order valence-corrected chi connectivity index (χ0v) is 11.8. The highest BCUT2D eigenvalue weighted by Gasteiger charge is 2.32. The van der Waals surface area contributed by atoms with Crippen LogP contribution in [-0.4, -0.2) is 19.1 Å². The fourth-order valence-electron chi connectivity index (χ4n) is 1.74. The van der Waals surface area contributed by atoms with Gasteiger partial charge in [0.15, 0.2) is 0 Å². The van der Waals surface area contributed by atoms with Crippen LogP contribution >= 0.6 is 11.3 Å². The maximum atomic E-state index is 12.9. The van der Waals surface area contributed by atoms with Gasteiger partial charge in [-0.1, -0.05) is 0 Å². The van der Waals surface area contributed by atoms with E-state index in [9.17, 15) is 13.2 Å². The minimum Gasteiger partial charge on any atom is -0.373 e. The highest BCUT2D eigenvalue weighted by molar-refractivity contribution is 7.07. The van der Waals surface area contributed by atoms with Crippen LogP contribution < -0.4 is 10.2 Å². The Morgan fingerprint density at radius 2 is 2.10 bits per heavy atom. The van der Waals surface area contributed by atoms with E-state index >= 15 is 0 Å². The summed E-state index contributed by atoms with van der Waals surface area (Å²) in [4.78, 5) is 5.86. The van der Waals surface area contributed by atoms with Crippen LogP contribution in [0.2, 0.25) is 0 Å². The first-order valence-corrected chi connectivity index (χ1v) is 6.83. The molecular formula is C13H14F3N3S. The lowest BCUT2D eigenvalue weighted by Gasteiger charge is -2.20. The molecule has 0 unspecified atom stereocenters. The number of alkyl halides is 3. The second kappa shape index (κ2) is 5.70. The molecule has 2 rings (SSSR count). The van der Waals surface area contributed by atoms with E-state index in [1.807, 2.05) is 16.8 Å². The molecule has 0 radical (unpaired) electrons. The van der Waals surface area contributed by atoms with Gasteiger partial charge in [0, 0.05) is 20.6 Å². The fraction of sp³-hybridized carbons (Fsp3) is 0.308. The topological polar surface area (TPSA) is 28.2 Å². The summed E-state index contributed by atoms with van der Waals surface area (Å²) >= 11 is 1.55. The summed E-state index contributed by atoms with van der Waals surface area (Å²) < 4.78 is 38.6. The fourth-order valence-corrected chi connectivity index (χ4v) is 2.40. The highest BCUT2D eigenvalue weighted by Crippen LogP contribution is 2.32. The molecule has 108 valence electrons. The van der Waals surface area contributed by atoms with Gasteiger partial charge < -0.3 is 10.2 Å². The molecule has 0 aliphatic rings. The predicted octanol–water partition coefficient (Wildman–Crippen LogP) is 3.84. The van der Waals surface area contributed by atoms with Crippen LogP contribution in [-0.2, 0) is 12.7 Å². The SMILES string of the molecule is CNc1cc(C(F)(F)F)cc(N(C)Cc2ccsc2)n1. The maximum absolute atomic E-state index is 12.9. The third-order valence-electron chi connectivity index (χ3n) is 2.79. The molecule has 3 nitrogen and oxygen atoms in total. The monoisotopic (exact) mass is 301 g/mol. The Morgan fingerprint density at radius 1 is 1.35 bits per heavy atom. The Labute approximate surface area is 119 Å². The van der Waals surface area contributed by atoms with Crippen molar-refractivity contribution in [1.29, 1.82) is 0 Å².